The van der Waals surface area contributed by atoms with E-state index in [-0.39, 0.29) is 6.10 Å². The average molecular weight is 273 g/mol. The third-order valence-electron chi connectivity index (χ3n) is 3.66. The Morgan fingerprint density at radius 2 is 2.16 bits per heavy atom. The Labute approximate surface area is 118 Å². The van der Waals surface area contributed by atoms with Gasteiger partial charge in [-0.2, -0.15) is 0 Å². The summed E-state index contributed by atoms with van der Waals surface area (Å²) in [5.41, 5.74) is 2.62. The smallest absolute Gasteiger partial charge is 0.135 e. The van der Waals surface area contributed by atoms with E-state index in [2.05, 4.69) is 48.8 Å². The second-order valence-corrected chi connectivity index (χ2v) is 5.91. The van der Waals surface area contributed by atoms with Gasteiger partial charge in [-0.1, -0.05) is 25.1 Å². The molecule has 1 N–H and O–H groups in total. The molecule has 19 heavy (non-hydrogen) atoms. The lowest BCUT2D eigenvalue weighted by atomic mass is 9.95. The molecule has 1 aromatic heterocycles. The van der Waals surface area contributed by atoms with Crippen LogP contribution in [0.1, 0.15) is 41.5 Å². The normalized spacial score (nSPS) is 21.8. The largest absolute Gasteiger partial charge is 0.484 e. The lowest BCUT2D eigenvalue weighted by Crippen LogP contribution is -2.28. The summed E-state index contributed by atoms with van der Waals surface area (Å²) in [5.74, 6) is 1.03. The number of aryl methyl sites for hydroxylation is 1. The Morgan fingerprint density at radius 3 is 2.89 bits per heavy atom. The first-order valence-corrected chi connectivity index (χ1v) is 7.70. The number of thiophene rings is 1. The van der Waals surface area contributed by atoms with Crippen LogP contribution in [0.3, 0.4) is 0 Å². The second-order valence-electron chi connectivity index (χ2n) is 4.96. The maximum atomic E-state index is 6.20. The van der Waals surface area contributed by atoms with Crippen molar-refractivity contribution < 1.29 is 4.74 Å². The molecule has 1 aliphatic rings. The van der Waals surface area contributed by atoms with E-state index in [0.29, 0.717) is 6.04 Å². The molecule has 100 valence electrons. The van der Waals surface area contributed by atoms with Gasteiger partial charge in [0.05, 0.1) is 0 Å². The highest BCUT2D eigenvalue weighted by atomic mass is 32.1. The summed E-state index contributed by atoms with van der Waals surface area (Å²) in [6, 6.07) is 10.9. The van der Waals surface area contributed by atoms with Gasteiger partial charge >= 0.3 is 0 Å². The molecule has 0 saturated heterocycles. The van der Waals surface area contributed by atoms with Crippen LogP contribution < -0.4 is 10.1 Å². The van der Waals surface area contributed by atoms with Crippen molar-refractivity contribution in [2.24, 2.45) is 0 Å². The molecule has 0 bridgehead atoms. The first-order chi connectivity index (χ1) is 9.29. The molecule has 3 rings (SSSR count). The van der Waals surface area contributed by atoms with E-state index in [9.17, 15) is 0 Å². The first kappa shape index (κ1) is 12.7. The summed E-state index contributed by atoms with van der Waals surface area (Å²) in [4.78, 5) is 1.36. The van der Waals surface area contributed by atoms with Gasteiger partial charge in [0.1, 0.15) is 11.9 Å². The highest BCUT2D eigenvalue weighted by Crippen LogP contribution is 2.42. The van der Waals surface area contributed by atoms with Crippen molar-refractivity contribution in [2.75, 3.05) is 6.54 Å². The van der Waals surface area contributed by atoms with E-state index in [1.54, 1.807) is 11.3 Å². The number of fused-ring (bicyclic) bond motifs is 1. The van der Waals surface area contributed by atoms with E-state index >= 15 is 0 Å². The quantitative estimate of drug-likeness (QED) is 0.903. The molecule has 2 unspecified atom stereocenters. The first-order valence-electron chi connectivity index (χ1n) is 6.82. The van der Waals surface area contributed by atoms with E-state index in [1.165, 1.54) is 16.0 Å². The van der Waals surface area contributed by atoms with Gasteiger partial charge in [-0.25, -0.2) is 0 Å². The summed E-state index contributed by atoms with van der Waals surface area (Å²) in [6.07, 6.45) is 1.19. The predicted molar refractivity (Wildman–Crippen MR) is 79.9 cm³/mol. The van der Waals surface area contributed by atoms with Gasteiger partial charge in [0, 0.05) is 22.9 Å². The van der Waals surface area contributed by atoms with Crippen LogP contribution in [0.25, 0.3) is 0 Å². The van der Waals surface area contributed by atoms with Gasteiger partial charge in [0.15, 0.2) is 0 Å². The SMILES string of the molecule is CCNC1CC(c2sccc2C)Oc2ccccc21. The predicted octanol–water partition coefficient (Wildman–Crippen LogP) is 4.23. The molecule has 0 radical (unpaired) electrons. The molecule has 0 amide bonds. The van der Waals surface area contributed by atoms with E-state index < -0.39 is 0 Å². The van der Waals surface area contributed by atoms with Crippen molar-refractivity contribution in [3.8, 4) is 5.75 Å². The Bertz CT molecular complexity index is 563. The van der Waals surface area contributed by atoms with Gasteiger partial charge < -0.3 is 10.1 Å². The van der Waals surface area contributed by atoms with Crippen LogP contribution in [0.2, 0.25) is 0 Å². The molecule has 2 nitrogen and oxygen atoms in total. The van der Waals surface area contributed by atoms with Crippen molar-refractivity contribution >= 4 is 11.3 Å². The molecular weight excluding hydrogens is 254 g/mol. The number of ether oxygens (including phenoxy) is 1. The van der Waals surface area contributed by atoms with Crippen LogP contribution in [0.15, 0.2) is 35.7 Å². The van der Waals surface area contributed by atoms with Crippen molar-refractivity contribution in [3.05, 3.63) is 51.7 Å². The standard InChI is InChI=1S/C16H19NOS/c1-3-17-13-10-15(16-11(2)8-9-19-16)18-14-7-5-4-6-12(13)14/h4-9,13,15,17H,3,10H2,1-2H3. The monoisotopic (exact) mass is 273 g/mol. The van der Waals surface area contributed by atoms with Crippen LogP contribution in [0, 0.1) is 6.92 Å². The lowest BCUT2D eigenvalue weighted by Gasteiger charge is -2.32. The molecule has 2 heterocycles. The average Bonchev–Trinajstić information content (AvgIpc) is 2.85. The molecular formula is C16H19NOS. The fraction of sp³-hybridized carbons (Fsp3) is 0.375. The molecule has 0 spiro atoms. The number of rotatable bonds is 3. The van der Waals surface area contributed by atoms with E-state index in [0.717, 1.165) is 18.7 Å². The second kappa shape index (κ2) is 5.35. The maximum absolute atomic E-state index is 6.20. The zero-order valence-electron chi connectivity index (χ0n) is 11.3. The third kappa shape index (κ3) is 2.40. The van der Waals surface area contributed by atoms with Crippen LogP contribution in [0.5, 0.6) is 5.75 Å². The molecule has 0 aliphatic carbocycles. The summed E-state index contributed by atoms with van der Waals surface area (Å²) in [5, 5.41) is 5.73. The Hall–Kier alpha value is -1.32. The van der Waals surface area contributed by atoms with Gasteiger partial charge in [-0.15, -0.1) is 11.3 Å². The molecule has 1 aromatic carbocycles. The molecule has 1 aliphatic heterocycles. The highest BCUT2D eigenvalue weighted by Gasteiger charge is 2.29. The number of para-hydroxylation sites is 1. The van der Waals surface area contributed by atoms with E-state index in [4.69, 9.17) is 4.74 Å². The molecule has 2 aromatic rings. The summed E-state index contributed by atoms with van der Waals surface area (Å²) >= 11 is 1.80. The Balaban J connectivity index is 1.94. The summed E-state index contributed by atoms with van der Waals surface area (Å²) in [7, 11) is 0. The van der Waals surface area contributed by atoms with Crippen molar-refractivity contribution in [3.63, 3.8) is 0 Å². The van der Waals surface area contributed by atoms with Crippen LogP contribution in [-0.4, -0.2) is 6.54 Å². The number of benzene rings is 1. The number of nitrogens with one attached hydrogen (secondary N) is 1. The third-order valence-corrected chi connectivity index (χ3v) is 4.77. The molecule has 3 heteroatoms. The molecule has 0 saturated carbocycles. The van der Waals surface area contributed by atoms with E-state index in [1.807, 2.05) is 6.07 Å². The fourth-order valence-corrected chi connectivity index (χ4v) is 3.70. The van der Waals surface area contributed by atoms with Gasteiger partial charge in [-0.3, -0.25) is 0 Å². The summed E-state index contributed by atoms with van der Waals surface area (Å²) < 4.78 is 6.20. The molecule has 2 atom stereocenters. The van der Waals surface area contributed by atoms with Gasteiger partial charge in [0.2, 0.25) is 0 Å². The number of hydrogen-bond acceptors (Lipinski definition) is 3. The minimum absolute atomic E-state index is 0.180. The minimum atomic E-state index is 0.180. The van der Waals surface area contributed by atoms with Crippen LogP contribution in [-0.2, 0) is 0 Å². The van der Waals surface area contributed by atoms with Crippen molar-refractivity contribution in [1.82, 2.24) is 5.32 Å². The summed E-state index contributed by atoms with van der Waals surface area (Å²) in [6.45, 7) is 5.30. The zero-order valence-corrected chi connectivity index (χ0v) is 12.2. The van der Waals surface area contributed by atoms with Crippen molar-refractivity contribution in [1.29, 1.82) is 0 Å². The maximum Gasteiger partial charge on any atom is 0.135 e. The van der Waals surface area contributed by atoms with Crippen LogP contribution in [0.4, 0.5) is 0 Å². The Morgan fingerprint density at radius 1 is 1.32 bits per heavy atom. The van der Waals surface area contributed by atoms with Crippen LogP contribution >= 0.6 is 11.3 Å². The minimum Gasteiger partial charge on any atom is -0.484 e. The highest BCUT2D eigenvalue weighted by molar-refractivity contribution is 7.10. The zero-order chi connectivity index (χ0) is 13.2. The fourth-order valence-electron chi connectivity index (χ4n) is 2.73. The van der Waals surface area contributed by atoms with Gasteiger partial charge in [0.25, 0.3) is 0 Å². The van der Waals surface area contributed by atoms with Gasteiger partial charge in [-0.05, 0) is 36.5 Å². The van der Waals surface area contributed by atoms with Crippen molar-refractivity contribution in [2.45, 2.75) is 32.4 Å². The lowest BCUT2D eigenvalue weighted by molar-refractivity contribution is 0.155. The molecule has 0 fully saturated rings. The topological polar surface area (TPSA) is 21.3 Å². The Kier molecular flexibility index (Phi) is 3.58. The number of hydrogen-bond donors (Lipinski definition) is 1.